The van der Waals surface area contributed by atoms with Crippen LogP contribution in [-0.2, 0) is 27.8 Å². The standard InChI is InChI=1S/C24H23FN4O3S2/c1-15-23(33-24-27-21(14-29(15)24)17-5-7-19(25)8-6-17)13-26-34(31,32)20-9-10-22-18(12-20)4-3-11-28(22)16(2)30/h5-10,12,14,26H,3-4,11,13H2,1-2H3. The van der Waals surface area contributed by atoms with E-state index in [4.69, 9.17) is 0 Å². The Morgan fingerprint density at radius 3 is 2.68 bits per heavy atom. The van der Waals surface area contributed by atoms with Gasteiger partial charge in [-0.3, -0.25) is 9.20 Å². The third kappa shape index (κ3) is 4.13. The van der Waals surface area contributed by atoms with Crippen molar-refractivity contribution < 1.29 is 17.6 Å². The molecule has 1 amide bonds. The Morgan fingerprint density at radius 2 is 1.97 bits per heavy atom. The number of hydrogen-bond donors (Lipinski definition) is 1. The number of hydrogen-bond acceptors (Lipinski definition) is 5. The summed E-state index contributed by atoms with van der Waals surface area (Å²) in [6.45, 7) is 4.22. The largest absolute Gasteiger partial charge is 0.312 e. The number of fused-ring (bicyclic) bond motifs is 2. The van der Waals surface area contributed by atoms with Gasteiger partial charge in [0.1, 0.15) is 5.82 Å². The van der Waals surface area contributed by atoms with Gasteiger partial charge in [0.15, 0.2) is 4.96 Å². The molecule has 5 rings (SSSR count). The van der Waals surface area contributed by atoms with Gasteiger partial charge in [-0.05, 0) is 67.8 Å². The number of anilines is 1. The molecule has 2 aromatic heterocycles. The summed E-state index contributed by atoms with van der Waals surface area (Å²) in [5.41, 5.74) is 4.09. The number of nitrogens with zero attached hydrogens (tertiary/aromatic N) is 3. The van der Waals surface area contributed by atoms with Gasteiger partial charge in [0.05, 0.1) is 10.6 Å². The Morgan fingerprint density at radius 1 is 1.21 bits per heavy atom. The summed E-state index contributed by atoms with van der Waals surface area (Å²) >= 11 is 1.41. The van der Waals surface area contributed by atoms with Gasteiger partial charge >= 0.3 is 0 Å². The lowest BCUT2D eigenvalue weighted by atomic mass is 10.0. The maximum absolute atomic E-state index is 13.2. The molecule has 0 saturated carbocycles. The highest BCUT2D eigenvalue weighted by molar-refractivity contribution is 7.89. The molecule has 0 saturated heterocycles. The fraction of sp³-hybridized carbons (Fsp3) is 0.250. The van der Waals surface area contributed by atoms with Crippen LogP contribution in [-0.4, -0.2) is 30.3 Å². The Balaban J connectivity index is 1.35. The predicted molar refractivity (Wildman–Crippen MR) is 130 cm³/mol. The van der Waals surface area contributed by atoms with E-state index in [-0.39, 0.29) is 23.2 Å². The predicted octanol–water partition coefficient (Wildman–Crippen LogP) is 4.29. The summed E-state index contributed by atoms with van der Waals surface area (Å²) in [7, 11) is -3.73. The molecule has 0 bridgehead atoms. The number of carbonyl (C=O) groups is 1. The molecule has 1 N–H and O–H groups in total. The second-order valence-electron chi connectivity index (χ2n) is 8.29. The number of aryl methyl sites for hydroxylation is 2. The highest BCUT2D eigenvalue weighted by Gasteiger charge is 2.23. The third-order valence-corrected chi connectivity index (χ3v) is 8.63. The summed E-state index contributed by atoms with van der Waals surface area (Å²) in [6.07, 6.45) is 3.41. The number of halogens is 1. The highest BCUT2D eigenvalue weighted by Crippen LogP contribution is 2.30. The van der Waals surface area contributed by atoms with Gasteiger partial charge in [0.25, 0.3) is 0 Å². The van der Waals surface area contributed by atoms with E-state index in [1.807, 2.05) is 17.5 Å². The number of carbonyl (C=O) groups excluding carboxylic acids is 1. The SMILES string of the molecule is CC(=O)N1CCCc2cc(S(=O)(=O)NCc3sc4nc(-c5ccc(F)cc5)cn4c3C)ccc21. The van der Waals surface area contributed by atoms with Crippen LogP contribution in [0.15, 0.2) is 53.6 Å². The molecule has 7 nitrogen and oxygen atoms in total. The number of sulfonamides is 1. The molecule has 0 radical (unpaired) electrons. The first-order chi connectivity index (χ1) is 16.2. The van der Waals surface area contributed by atoms with E-state index in [1.165, 1.54) is 30.4 Å². The molecule has 176 valence electrons. The average molecular weight is 499 g/mol. The Labute approximate surface area is 200 Å². The number of rotatable bonds is 5. The molecule has 0 fully saturated rings. The molecule has 0 atom stereocenters. The monoisotopic (exact) mass is 498 g/mol. The topological polar surface area (TPSA) is 83.8 Å². The van der Waals surface area contributed by atoms with Gasteiger partial charge in [-0.25, -0.2) is 22.5 Å². The summed E-state index contributed by atoms with van der Waals surface area (Å²) in [4.78, 5) is 20.0. The van der Waals surface area contributed by atoms with E-state index in [0.717, 1.165) is 50.9 Å². The van der Waals surface area contributed by atoms with Crippen LogP contribution in [0.25, 0.3) is 16.2 Å². The number of nitrogens with one attached hydrogen (secondary N) is 1. The number of benzene rings is 2. The second-order valence-corrected chi connectivity index (χ2v) is 11.1. The van der Waals surface area contributed by atoms with Gasteiger partial charge in [-0.1, -0.05) is 11.3 Å². The Kier molecular flexibility index (Phi) is 5.75. The molecule has 34 heavy (non-hydrogen) atoms. The molecule has 4 aromatic rings. The van der Waals surface area contributed by atoms with Crippen molar-refractivity contribution in [1.29, 1.82) is 0 Å². The van der Waals surface area contributed by atoms with Crippen molar-refractivity contribution >= 4 is 37.9 Å². The van der Waals surface area contributed by atoms with Gasteiger partial charge in [0.2, 0.25) is 15.9 Å². The molecular weight excluding hydrogens is 475 g/mol. The highest BCUT2D eigenvalue weighted by atomic mass is 32.2. The fourth-order valence-electron chi connectivity index (χ4n) is 4.23. The molecular formula is C24H23FN4O3S2. The van der Waals surface area contributed by atoms with Crippen molar-refractivity contribution in [3.05, 3.63) is 70.6 Å². The molecule has 10 heteroatoms. The molecule has 0 aliphatic carbocycles. The van der Waals surface area contributed by atoms with E-state index in [9.17, 15) is 17.6 Å². The maximum atomic E-state index is 13.2. The second kappa shape index (κ2) is 8.61. The Hall–Kier alpha value is -3.08. The van der Waals surface area contributed by atoms with Crippen LogP contribution < -0.4 is 9.62 Å². The van der Waals surface area contributed by atoms with Crippen LogP contribution in [0.1, 0.15) is 29.5 Å². The number of amides is 1. The van der Waals surface area contributed by atoms with Crippen molar-refractivity contribution in [3.8, 4) is 11.3 Å². The maximum Gasteiger partial charge on any atom is 0.240 e. The minimum absolute atomic E-state index is 0.0459. The van der Waals surface area contributed by atoms with Crippen LogP contribution in [0.5, 0.6) is 0 Å². The fourth-order valence-corrected chi connectivity index (χ4v) is 6.41. The lowest BCUT2D eigenvalue weighted by molar-refractivity contribution is -0.116. The zero-order valence-electron chi connectivity index (χ0n) is 18.7. The van der Waals surface area contributed by atoms with Crippen molar-refractivity contribution in [2.75, 3.05) is 11.4 Å². The lowest BCUT2D eigenvalue weighted by Gasteiger charge is -2.28. The molecule has 2 aromatic carbocycles. The number of imidazole rings is 1. The van der Waals surface area contributed by atoms with E-state index in [0.29, 0.717) is 6.54 Å². The van der Waals surface area contributed by atoms with E-state index >= 15 is 0 Å². The van der Waals surface area contributed by atoms with Crippen molar-refractivity contribution in [2.24, 2.45) is 0 Å². The van der Waals surface area contributed by atoms with Gasteiger partial charge in [-0.15, -0.1) is 0 Å². The summed E-state index contributed by atoms with van der Waals surface area (Å²) in [5.74, 6) is -0.346. The van der Waals surface area contributed by atoms with E-state index in [2.05, 4.69) is 9.71 Å². The zero-order valence-corrected chi connectivity index (χ0v) is 20.3. The van der Waals surface area contributed by atoms with Crippen LogP contribution in [0.2, 0.25) is 0 Å². The van der Waals surface area contributed by atoms with Crippen molar-refractivity contribution in [2.45, 2.75) is 38.1 Å². The summed E-state index contributed by atoms with van der Waals surface area (Å²) < 4.78 is 43.8. The van der Waals surface area contributed by atoms with E-state index in [1.54, 1.807) is 35.2 Å². The van der Waals surface area contributed by atoms with Crippen molar-refractivity contribution in [1.82, 2.24) is 14.1 Å². The summed E-state index contributed by atoms with van der Waals surface area (Å²) in [5, 5.41) is 0. The minimum atomic E-state index is -3.73. The first-order valence-corrected chi connectivity index (χ1v) is 13.2. The number of thiazole rings is 1. The minimum Gasteiger partial charge on any atom is -0.312 e. The third-order valence-electron chi connectivity index (χ3n) is 6.08. The zero-order chi connectivity index (χ0) is 24.0. The Bertz CT molecular complexity index is 1510. The van der Waals surface area contributed by atoms with Crippen LogP contribution in [0.4, 0.5) is 10.1 Å². The molecule has 0 spiro atoms. The van der Waals surface area contributed by atoms with Gasteiger partial charge in [-0.2, -0.15) is 0 Å². The average Bonchev–Trinajstić information content (AvgIpc) is 3.36. The van der Waals surface area contributed by atoms with Crippen molar-refractivity contribution in [3.63, 3.8) is 0 Å². The molecule has 3 heterocycles. The first kappa shape index (κ1) is 22.7. The molecule has 1 aliphatic heterocycles. The van der Waals surface area contributed by atoms with Gasteiger partial charge < -0.3 is 4.90 Å². The van der Waals surface area contributed by atoms with Crippen LogP contribution in [0, 0.1) is 12.7 Å². The number of aromatic nitrogens is 2. The smallest absolute Gasteiger partial charge is 0.240 e. The van der Waals surface area contributed by atoms with Crippen LogP contribution >= 0.6 is 11.3 Å². The lowest BCUT2D eigenvalue weighted by Crippen LogP contribution is -2.33. The molecule has 1 aliphatic rings. The molecule has 0 unspecified atom stereocenters. The first-order valence-electron chi connectivity index (χ1n) is 10.9. The summed E-state index contributed by atoms with van der Waals surface area (Å²) in [6, 6.07) is 11.1. The van der Waals surface area contributed by atoms with Crippen LogP contribution in [0.3, 0.4) is 0 Å². The quantitative estimate of drug-likeness (QED) is 0.445. The normalized spacial score (nSPS) is 13.9. The van der Waals surface area contributed by atoms with E-state index < -0.39 is 10.0 Å². The van der Waals surface area contributed by atoms with Gasteiger partial charge in [0, 0.05) is 48.0 Å².